The van der Waals surface area contributed by atoms with Crippen LogP contribution in [-0.2, 0) is 4.74 Å². The second kappa shape index (κ2) is 2.89. The molecule has 9 heavy (non-hydrogen) atoms. The van der Waals surface area contributed by atoms with Crippen molar-refractivity contribution in [2.45, 2.75) is 18.6 Å². The summed E-state index contributed by atoms with van der Waals surface area (Å²) in [5.41, 5.74) is 0. The second-order valence-electron chi connectivity index (χ2n) is 2.08. The van der Waals surface area contributed by atoms with Crippen LogP contribution in [0.15, 0.2) is 5.18 Å². The van der Waals surface area contributed by atoms with Gasteiger partial charge < -0.3 is 9.84 Å². The molecule has 52 valence electrons. The molecule has 0 aliphatic carbocycles. The molecule has 1 N–H and O–H groups in total. The molecular weight excluding hydrogens is 122 g/mol. The standard InChI is InChI=1S/C5H9NO3/c7-4-1-2-9-5(4)3-6-8/h4-5,7H,1-3H2. The predicted molar refractivity (Wildman–Crippen MR) is 31.0 cm³/mol. The molecule has 1 saturated heterocycles. The van der Waals surface area contributed by atoms with Gasteiger partial charge in [-0.15, -0.1) is 0 Å². The summed E-state index contributed by atoms with van der Waals surface area (Å²) in [6.45, 7) is 0.614. The van der Waals surface area contributed by atoms with Crippen LogP contribution in [0.1, 0.15) is 6.42 Å². The molecule has 1 aliphatic rings. The zero-order valence-corrected chi connectivity index (χ0v) is 4.99. The lowest BCUT2D eigenvalue weighted by Crippen LogP contribution is -2.23. The molecule has 1 fully saturated rings. The Hall–Kier alpha value is -0.480. The highest BCUT2D eigenvalue weighted by molar-refractivity contribution is 4.76. The molecule has 0 aromatic rings. The number of rotatable bonds is 2. The number of aliphatic hydroxyl groups is 1. The highest BCUT2D eigenvalue weighted by atomic mass is 16.5. The average molecular weight is 131 g/mol. The third kappa shape index (κ3) is 1.46. The zero-order valence-electron chi connectivity index (χ0n) is 4.99. The fourth-order valence-electron chi connectivity index (χ4n) is 0.885. The van der Waals surface area contributed by atoms with Gasteiger partial charge in [-0.1, -0.05) is 5.18 Å². The molecule has 0 bridgehead atoms. The summed E-state index contributed by atoms with van der Waals surface area (Å²) in [7, 11) is 0. The topological polar surface area (TPSA) is 58.9 Å². The first-order valence-corrected chi connectivity index (χ1v) is 2.93. The first-order chi connectivity index (χ1) is 4.34. The maximum absolute atomic E-state index is 9.67. The van der Waals surface area contributed by atoms with E-state index in [1.54, 1.807) is 0 Å². The van der Waals surface area contributed by atoms with Gasteiger partial charge in [0.1, 0.15) is 12.6 Å². The maximum atomic E-state index is 9.67. The van der Waals surface area contributed by atoms with Crippen LogP contribution in [-0.4, -0.2) is 30.5 Å². The molecule has 1 heterocycles. The van der Waals surface area contributed by atoms with E-state index in [1.807, 2.05) is 0 Å². The summed E-state index contributed by atoms with van der Waals surface area (Å²) in [5, 5.41) is 11.6. The van der Waals surface area contributed by atoms with Crippen molar-refractivity contribution in [2.24, 2.45) is 5.18 Å². The molecular formula is C5H9NO3. The Bertz CT molecular complexity index is 106. The SMILES string of the molecule is O=NCC1OCCC1O. The number of hydrogen-bond acceptors (Lipinski definition) is 4. The summed E-state index contributed by atoms with van der Waals surface area (Å²) in [6, 6.07) is 0. The molecule has 4 nitrogen and oxygen atoms in total. The fourth-order valence-corrected chi connectivity index (χ4v) is 0.885. The van der Waals surface area contributed by atoms with Crippen molar-refractivity contribution < 1.29 is 9.84 Å². The van der Waals surface area contributed by atoms with Crippen LogP contribution < -0.4 is 0 Å². The van der Waals surface area contributed by atoms with E-state index in [0.717, 1.165) is 0 Å². The molecule has 4 heteroatoms. The van der Waals surface area contributed by atoms with Crippen LogP contribution >= 0.6 is 0 Å². The third-order valence-electron chi connectivity index (χ3n) is 1.43. The lowest BCUT2D eigenvalue weighted by Gasteiger charge is -2.07. The summed E-state index contributed by atoms with van der Waals surface area (Å²) >= 11 is 0. The Morgan fingerprint density at radius 3 is 3.00 bits per heavy atom. The van der Waals surface area contributed by atoms with Gasteiger partial charge in [0.2, 0.25) is 0 Å². The van der Waals surface area contributed by atoms with Gasteiger partial charge in [0.05, 0.1) is 6.10 Å². The van der Waals surface area contributed by atoms with E-state index in [4.69, 9.17) is 9.84 Å². The largest absolute Gasteiger partial charge is 0.390 e. The van der Waals surface area contributed by atoms with Crippen molar-refractivity contribution in [3.8, 4) is 0 Å². The van der Waals surface area contributed by atoms with Gasteiger partial charge in [0.15, 0.2) is 0 Å². The van der Waals surface area contributed by atoms with E-state index >= 15 is 0 Å². The van der Waals surface area contributed by atoms with Gasteiger partial charge in [0, 0.05) is 6.61 Å². The van der Waals surface area contributed by atoms with E-state index in [-0.39, 0.29) is 12.6 Å². The minimum atomic E-state index is -0.484. The highest BCUT2D eigenvalue weighted by Crippen LogP contribution is 2.12. The summed E-state index contributed by atoms with van der Waals surface area (Å²) in [4.78, 5) is 9.67. The quantitative estimate of drug-likeness (QED) is 0.532. The smallest absolute Gasteiger partial charge is 0.110 e. The van der Waals surface area contributed by atoms with Gasteiger partial charge in [0.25, 0.3) is 0 Å². The van der Waals surface area contributed by atoms with Gasteiger partial charge in [-0.25, -0.2) is 0 Å². The molecule has 0 amide bonds. The Kier molecular flexibility index (Phi) is 2.13. The van der Waals surface area contributed by atoms with Crippen LogP contribution in [0.3, 0.4) is 0 Å². The first kappa shape index (κ1) is 6.64. The molecule has 1 aliphatic heterocycles. The number of nitrogens with zero attached hydrogens (tertiary/aromatic N) is 1. The summed E-state index contributed by atoms with van der Waals surface area (Å²) < 4.78 is 4.96. The van der Waals surface area contributed by atoms with Gasteiger partial charge >= 0.3 is 0 Å². The molecule has 0 saturated carbocycles. The Labute approximate surface area is 52.8 Å². The van der Waals surface area contributed by atoms with Crippen LogP contribution in [0, 0.1) is 4.91 Å². The minimum Gasteiger partial charge on any atom is -0.390 e. The molecule has 2 atom stereocenters. The van der Waals surface area contributed by atoms with Gasteiger partial charge in [-0.3, -0.25) is 0 Å². The molecule has 0 aromatic carbocycles. The van der Waals surface area contributed by atoms with Crippen LogP contribution in [0.2, 0.25) is 0 Å². The van der Waals surface area contributed by atoms with Gasteiger partial charge in [-0.05, 0) is 6.42 Å². The van der Waals surface area contributed by atoms with Crippen LogP contribution in [0.5, 0.6) is 0 Å². The molecule has 2 unspecified atom stereocenters. The van der Waals surface area contributed by atoms with Crippen molar-refractivity contribution in [2.75, 3.05) is 13.2 Å². The van der Waals surface area contributed by atoms with E-state index in [9.17, 15) is 4.91 Å². The Balaban J connectivity index is 2.30. The van der Waals surface area contributed by atoms with Crippen molar-refractivity contribution in [3.05, 3.63) is 4.91 Å². The fraction of sp³-hybridized carbons (Fsp3) is 1.00. The summed E-state index contributed by atoms with van der Waals surface area (Å²) in [5.74, 6) is 0. The second-order valence-corrected chi connectivity index (χ2v) is 2.08. The number of aliphatic hydroxyl groups excluding tert-OH is 1. The molecule has 0 radical (unpaired) electrons. The normalized spacial score (nSPS) is 34.8. The van der Waals surface area contributed by atoms with Crippen LogP contribution in [0.4, 0.5) is 0 Å². The highest BCUT2D eigenvalue weighted by Gasteiger charge is 2.25. The van der Waals surface area contributed by atoms with E-state index in [0.29, 0.717) is 13.0 Å². The number of ether oxygens (including phenoxy) is 1. The van der Waals surface area contributed by atoms with E-state index < -0.39 is 6.10 Å². The number of hydrogen-bond donors (Lipinski definition) is 1. The Morgan fingerprint density at radius 2 is 2.56 bits per heavy atom. The van der Waals surface area contributed by atoms with Crippen molar-refractivity contribution in [1.82, 2.24) is 0 Å². The Morgan fingerprint density at radius 1 is 1.78 bits per heavy atom. The summed E-state index contributed by atoms with van der Waals surface area (Å²) in [6.07, 6.45) is -0.203. The van der Waals surface area contributed by atoms with E-state index in [2.05, 4.69) is 5.18 Å². The van der Waals surface area contributed by atoms with Crippen molar-refractivity contribution >= 4 is 0 Å². The maximum Gasteiger partial charge on any atom is 0.110 e. The van der Waals surface area contributed by atoms with Crippen molar-refractivity contribution in [1.29, 1.82) is 0 Å². The monoisotopic (exact) mass is 131 g/mol. The lowest BCUT2D eigenvalue weighted by atomic mass is 10.2. The van der Waals surface area contributed by atoms with E-state index in [1.165, 1.54) is 0 Å². The average Bonchev–Trinajstić information content (AvgIpc) is 2.18. The molecule has 0 spiro atoms. The molecule has 1 rings (SSSR count). The van der Waals surface area contributed by atoms with Gasteiger partial charge in [-0.2, -0.15) is 4.91 Å². The predicted octanol–water partition coefficient (Wildman–Crippen LogP) is -0.0974. The number of nitroso groups, excluding NO2 is 1. The van der Waals surface area contributed by atoms with Crippen molar-refractivity contribution in [3.63, 3.8) is 0 Å². The third-order valence-corrected chi connectivity index (χ3v) is 1.43. The zero-order chi connectivity index (χ0) is 6.69. The lowest BCUT2D eigenvalue weighted by molar-refractivity contribution is 0.0488. The first-order valence-electron chi connectivity index (χ1n) is 2.93. The molecule has 0 aromatic heterocycles. The van der Waals surface area contributed by atoms with Crippen LogP contribution in [0.25, 0.3) is 0 Å². The minimum absolute atomic E-state index is 0.0706.